The average molecular weight is 507 g/mol. The first-order chi connectivity index (χ1) is 16.6. The molecule has 0 bridgehead atoms. The summed E-state index contributed by atoms with van der Waals surface area (Å²) in [6.45, 7) is 21.1. The van der Waals surface area contributed by atoms with Crippen molar-refractivity contribution >= 4 is 31.8 Å². The lowest BCUT2D eigenvalue weighted by Gasteiger charge is -2.32. The SMILES string of the molecule is CCC/C(=C(\B1OC(C)(C)C(C)(C)O1)c1ccc(C(=O)OC(C)(C)C)cc1)[Si](C)(C)c1ccccc1. The Balaban J connectivity index is 2.18. The molecule has 0 aromatic heterocycles. The van der Waals surface area contributed by atoms with E-state index in [0.29, 0.717) is 5.56 Å². The van der Waals surface area contributed by atoms with Crippen molar-refractivity contribution in [3.8, 4) is 0 Å². The van der Waals surface area contributed by atoms with Crippen LogP contribution in [0.2, 0.25) is 13.1 Å². The number of benzene rings is 2. The van der Waals surface area contributed by atoms with Gasteiger partial charge in [0.05, 0.1) is 16.8 Å². The second kappa shape index (κ2) is 10.3. The summed E-state index contributed by atoms with van der Waals surface area (Å²) >= 11 is 0. The summed E-state index contributed by atoms with van der Waals surface area (Å²) in [5, 5.41) is 2.80. The Bertz CT molecular complexity index is 1080. The fraction of sp³-hybridized carbons (Fsp3) is 0.500. The van der Waals surface area contributed by atoms with Crippen molar-refractivity contribution in [2.24, 2.45) is 0 Å². The third kappa shape index (κ3) is 6.04. The Morgan fingerprint density at radius 3 is 1.86 bits per heavy atom. The third-order valence-electron chi connectivity index (χ3n) is 7.39. The molecule has 0 amide bonds. The number of esters is 1. The Morgan fingerprint density at radius 1 is 0.889 bits per heavy atom. The van der Waals surface area contributed by atoms with Crippen molar-refractivity contribution in [3.63, 3.8) is 0 Å². The Labute approximate surface area is 219 Å². The van der Waals surface area contributed by atoms with Crippen LogP contribution < -0.4 is 5.19 Å². The standard InChI is InChI=1S/C30H43BO4Si/c1-11-15-25(36(9,10)24-16-13-12-14-17-24)26(31-34-29(5,6)30(7,8)35-31)22-18-20-23(21-19-22)27(32)33-28(2,3)4/h12-14,16-21H,11,15H2,1-10H3/b26-25+. The van der Waals surface area contributed by atoms with Crippen molar-refractivity contribution in [2.75, 3.05) is 0 Å². The number of hydrogen-bond donors (Lipinski definition) is 0. The predicted octanol–water partition coefficient (Wildman–Crippen LogP) is 6.98. The Hall–Kier alpha value is -2.15. The smallest absolute Gasteiger partial charge is 0.456 e. The number of ether oxygens (including phenoxy) is 1. The van der Waals surface area contributed by atoms with Crippen molar-refractivity contribution in [1.29, 1.82) is 0 Å². The lowest BCUT2D eigenvalue weighted by atomic mass is 9.73. The first-order valence-electron chi connectivity index (χ1n) is 13.1. The fourth-order valence-electron chi connectivity index (χ4n) is 4.60. The number of carbonyl (C=O) groups excluding carboxylic acids is 1. The molecule has 36 heavy (non-hydrogen) atoms. The normalized spacial score (nSPS) is 18.1. The van der Waals surface area contributed by atoms with E-state index in [1.165, 1.54) is 10.4 Å². The zero-order chi connectivity index (χ0) is 26.9. The van der Waals surface area contributed by atoms with Gasteiger partial charge < -0.3 is 14.0 Å². The van der Waals surface area contributed by atoms with E-state index in [2.05, 4.69) is 78.0 Å². The van der Waals surface area contributed by atoms with Crippen LogP contribution in [0.15, 0.2) is 59.8 Å². The van der Waals surface area contributed by atoms with Gasteiger partial charge in [-0.2, -0.15) is 0 Å². The molecule has 2 aromatic carbocycles. The van der Waals surface area contributed by atoms with Gasteiger partial charge in [-0.3, -0.25) is 0 Å². The number of hydrogen-bond acceptors (Lipinski definition) is 4. The topological polar surface area (TPSA) is 44.8 Å². The maximum absolute atomic E-state index is 12.7. The summed E-state index contributed by atoms with van der Waals surface area (Å²) in [4.78, 5) is 12.7. The summed E-state index contributed by atoms with van der Waals surface area (Å²) in [5.41, 5.74) is 1.24. The second-order valence-corrected chi connectivity index (χ2v) is 16.7. The minimum Gasteiger partial charge on any atom is -0.456 e. The van der Waals surface area contributed by atoms with Gasteiger partial charge in [-0.05, 0) is 78.1 Å². The summed E-state index contributed by atoms with van der Waals surface area (Å²) in [5.74, 6) is -0.317. The van der Waals surface area contributed by atoms with E-state index in [9.17, 15) is 4.79 Å². The van der Waals surface area contributed by atoms with Gasteiger partial charge in [-0.15, -0.1) is 0 Å². The highest BCUT2D eigenvalue weighted by molar-refractivity contribution is 6.98. The number of allylic oxidation sites excluding steroid dienone is 1. The van der Waals surface area contributed by atoms with Gasteiger partial charge in [0.25, 0.3) is 0 Å². The lowest BCUT2D eigenvalue weighted by molar-refractivity contribution is 0.00578. The van der Waals surface area contributed by atoms with Crippen molar-refractivity contribution < 1.29 is 18.8 Å². The highest BCUT2D eigenvalue weighted by Crippen LogP contribution is 2.43. The van der Waals surface area contributed by atoms with Crippen LogP contribution in [-0.4, -0.2) is 38.0 Å². The van der Waals surface area contributed by atoms with Gasteiger partial charge in [0, 0.05) is 0 Å². The monoisotopic (exact) mass is 506 g/mol. The molecule has 6 heteroatoms. The molecule has 2 aromatic rings. The average Bonchev–Trinajstić information content (AvgIpc) is 2.99. The van der Waals surface area contributed by atoms with E-state index in [1.54, 1.807) is 0 Å². The number of carbonyl (C=O) groups is 1. The van der Waals surface area contributed by atoms with Gasteiger partial charge in [0.2, 0.25) is 0 Å². The van der Waals surface area contributed by atoms with E-state index >= 15 is 0 Å². The minimum atomic E-state index is -2.08. The molecule has 1 heterocycles. The quantitative estimate of drug-likeness (QED) is 0.300. The highest BCUT2D eigenvalue weighted by atomic mass is 28.3. The van der Waals surface area contributed by atoms with Crippen LogP contribution in [0, 0.1) is 0 Å². The summed E-state index contributed by atoms with van der Waals surface area (Å²) in [7, 11) is -2.56. The van der Waals surface area contributed by atoms with Crippen LogP contribution in [0.4, 0.5) is 0 Å². The zero-order valence-electron chi connectivity index (χ0n) is 23.8. The molecular weight excluding hydrogens is 463 g/mol. The van der Waals surface area contributed by atoms with E-state index in [1.807, 2.05) is 45.0 Å². The molecule has 0 unspecified atom stereocenters. The summed E-state index contributed by atoms with van der Waals surface area (Å²) in [6.07, 6.45) is 1.99. The highest BCUT2D eigenvalue weighted by Gasteiger charge is 2.53. The first kappa shape index (κ1) is 28.4. The Kier molecular flexibility index (Phi) is 8.14. The molecule has 0 N–H and O–H groups in total. The van der Waals surface area contributed by atoms with Gasteiger partial charge in [-0.1, -0.05) is 79.3 Å². The molecule has 1 aliphatic heterocycles. The molecule has 0 aliphatic carbocycles. The van der Waals surface area contributed by atoms with E-state index in [4.69, 9.17) is 14.0 Å². The van der Waals surface area contributed by atoms with Crippen molar-refractivity contribution in [1.82, 2.24) is 0 Å². The molecule has 3 rings (SSSR count). The van der Waals surface area contributed by atoms with Gasteiger partial charge >= 0.3 is 13.1 Å². The third-order valence-corrected chi connectivity index (χ3v) is 11.2. The molecule has 4 nitrogen and oxygen atoms in total. The Morgan fingerprint density at radius 2 is 1.39 bits per heavy atom. The van der Waals surface area contributed by atoms with E-state index in [-0.39, 0.29) is 5.97 Å². The van der Waals surface area contributed by atoms with Crippen LogP contribution in [0.25, 0.3) is 5.47 Å². The molecule has 0 atom stereocenters. The predicted molar refractivity (Wildman–Crippen MR) is 153 cm³/mol. The van der Waals surface area contributed by atoms with Gasteiger partial charge in [0.1, 0.15) is 13.7 Å². The van der Waals surface area contributed by atoms with Crippen molar-refractivity contribution in [3.05, 3.63) is 70.9 Å². The van der Waals surface area contributed by atoms with Crippen LogP contribution in [0.1, 0.15) is 84.2 Å². The van der Waals surface area contributed by atoms with Gasteiger partial charge in [0.15, 0.2) is 0 Å². The zero-order valence-corrected chi connectivity index (χ0v) is 24.8. The van der Waals surface area contributed by atoms with Crippen LogP contribution >= 0.6 is 0 Å². The fourth-order valence-corrected chi connectivity index (χ4v) is 7.78. The minimum absolute atomic E-state index is 0.317. The summed E-state index contributed by atoms with van der Waals surface area (Å²) in [6, 6.07) is 18.6. The van der Waals surface area contributed by atoms with E-state index < -0.39 is 32.0 Å². The molecule has 0 spiro atoms. The van der Waals surface area contributed by atoms with Crippen LogP contribution in [-0.2, 0) is 14.0 Å². The molecule has 1 aliphatic rings. The molecular formula is C30H43BO4Si. The largest absolute Gasteiger partial charge is 0.495 e. The molecule has 1 saturated heterocycles. The number of rotatable bonds is 7. The van der Waals surface area contributed by atoms with Crippen LogP contribution in [0.3, 0.4) is 0 Å². The maximum Gasteiger partial charge on any atom is 0.495 e. The molecule has 0 radical (unpaired) electrons. The maximum atomic E-state index is 12.7. The first-order valence-corrected chi connectivity index (χ1v) is 16.1. The van der Waals surface area contributed by atoms with Crippen molar-refractivity contribution in [2.45, 2.75) is 98.1 Å². The second-order valence-electron chi connectivity index (χ2n) is 12.3. The molecule has 1 fully saturated rings. The lowest BCUT2D eigenvalue weighted by Crippen LogP contribution is -2.45. The summed E-state index contributed by atoms with van der Waals surface area (Å²) < 4.78 is 18.8. The molecule has 194 valence electrons. The van der Waals surface area contributed by atoms with Gasteiger partial charge in [-0.25, -0.2) is 4.79 Å². The van der Waals surface area contributed by atoms with E-state index in [0.717, 1.165) is 23.9 Å². The molecule has 0 saturated carbocycles. The van der Waals surface area contributed by atoms with Crippen LogP contribution in [0.5, 0.6) is 0 Å².